The predicted octanol–water partition coefficient (Wildman–Crippen LogP) is 1.09. The third-order valence-corrected chi connectivity index (χ3v) is 3.49. The number of likely N-dealkylation sites (N-methyl/N-ethyl adjacent to an activating group) is 1. The zero-order chi connectivity index (χ0) is 13.8. The fourth-order valence-corrected chi connectivity index (χ4v) is 2.37. The van der Waals surface area contributed by atoms with Crippen LogP contribution < -0.4 is 0 Å². The Balaban J connectivity index is 2.11. The molecule has 0 aliphatic carbocycles. The first-order valence-corrected chi connectivity index (χ1v) is 6.12. The molecular weight excluding hydrogens is 244 g/mol. The fourth-order valence-electron chi connectivity index (χ4n) is 2.37. The van der Waals surface area contributed by atoms with Crippen LogP contribution in [0.15, 0.2) is 24.3 Å². The number of nitriles is 1. The third kappa shape index (κ3) is 2.92. The van der Waals surface area contributed by atoms with Gasteiger partial charge in [-0.1, -0.05) is 18.2 Å². The first-order valence-electron chi connectivity index (χ1n) is 6.12. The van der Waals surface area contributed by atoms with Gasteiger partial charge in [0, 0.05) is 12.6 Å². The minimum Gasteiger partial charge on any atom is -0.481 e. The van der Waals surface area contributed by atoms with Crippen molar-refractivity contribution in [1.82, 2.24) is 4.90 Å². The lowest BCUT2D eigenvalue weighted by Crippen LogP contribution is -2.40. The quantitative estimate of drug-likeness (QED) is 0.877. The van der Waals surface area contributed by atoms with Gasteiger partial charge in [-0.3, -0.25) is 9.69 Å². The summed E-state index contributed by atoms with van der Waals surface area (Å²) < 4.78 is 5.26. The van der Waals surface area contributed by atoms with Gasteiger partial charge >= 0.3 is 5.97 Å². The summed E-state index contributed by atoms with van der Waals surface area (Å²) >= 11 is 0. The van der Waals surface area contributed by atoms with Crippen LogP contribution in [0.25, 0.3) is 0 Å². The maximum atomic E-state index is 11.1. The molecule has 1 heterocycles. The zero-order valence-electron chi connectivity index (χ0n) is 10.7. The smallest absolute Gasteiger partial charge is 0.310 e. The number of benzene rings is 1. The maximum absolute atomic E-state index is 11.1. The molecule has 0 radical (unpaired) electrons. The van der Waals surface area contributed by atoms with E-state index in [1.807, 2.05) is 30.1 Å². The molecule has 1 aliphatic heterocycles. The summed E-state index contributed by atoms with van der Waals surface area (Å²) in [6, 6.07) is 9.36. The van der Waals surface area contributed by atoms with Crippen LogP contribution in [0.2, 0.25) is 0 Å². The second-order valence-corrected chi connectivity index (χ2v) is 4.73. The summed E-state index contributed by atoms with van der Waals surface area (Å²) in [5.41, 5.74) is 1.53. The summed E-state index contributed by atoms with van der Waals surface area (Å²) in [7, 11) is 1.86. The number of aliphatic carboxylic acids is 1. The minimum absolute atomic E-state index is 0.149. The van der Waals surface area contributed by atoms with E-state index < -0.39 is 11.9 Å². The SMILES string of the molecule is CN(Cc1ccccc1C#N)C1COCC1C(=O)O. The number of hydrogen-bond acceptors (Lipinski definition) is 4. The van der Waals surface area contributed by atoms with E-state index in [2.05, 4.69) is 6.07 Å². The molecule has 0 aromatic heterocycles. The van der Waals surface area contributed by atoms with Crippen molar-refractivity contribution < 1.29 is 14.6 Å². The molecule has 19 heavy (non-hydrogen) atoms. The van der Waals surface area contributed by atoms with E-state index in [0.717, 1.165) is 5.56 Å². The van der Waals surface area contributed by atoms with Gasteiger partial charge < -0.3 is 9.84 Å². The Labute approximate surface area is 112 Å². The molecule has 1 fully saturated rings. The highest BCUT2D eigenvalue weighted by molar-refractivity contribution is 5.71. The van der Waals surface area contributed by atoms with Crippen molar-refractivity contribution in [2.45, 2.75) is 12.6 Å². The fraction of sp³-hybridized carbons (Fsp3) is 0.429. The first-order chi connectivity index (χ1) is 9.13. The number of carbonyl (C=O) groups is 1. The van der Waals surface area contributed by atoms with E-state index >= 15 is 0 Å². The van der Waals surface area contributed by atoms with Gasteiger partial charge in [-0.2, -0.15) is 5.26 Å². The Morgan fingerprint density at radius 3 is 2.95 bits per heavy atom. The summed E-state index contributed by atoms with van der Waals surface area (Å²) in [6.07, 6.45) is 0. The van der Waals surface area contributed by atoms with Crippen LogP contribution in [0.4, 0.5) is 0 Å². The molecule has 2 rings (SSSR count). The second-order valence-electron chi connectivity index (χ2n) is 4.73. The monoisotopic (exact) mass is 260 g/mol. The molecule has 100 valence electrons. The van der Waals surface area contributed by atoms with Crippen molar-refractivity contribution >= 4 is 5.97 Å². The molecule has 5 heteroatoms. The predicted molar refractivity (Wildman–Crippen MR) is 68.4 cm³/mol. The lowest BCUT2D eigenvalue weighted by atomic mass is 10.0. The topological polar surface area (TPSA) is 73.6 Å². The molecule has 0 amide bonds. The standard InChI is InChI=1S/C14H16N2O3/c1-16(13-9-19-8-12(13)14(17)18)7-11-5-3-2-4-10(11)6-15/h2-5,12-13H,7-9H2,1H3,(H,17,18). The molecule has 1 N–H and O–H groups in total. The summed E-state index contributed by atoms with van der Waals surface area (Å²) in [5, 5.41) is 18.2. The summed E-state index contributed by atoms with van der Waals surface area (Å²) in [6.45, 7) is 1.22. The van der Waals surface area contributed by atoms with Crippen LogP contribution in [0.5, 0.6) is 0 Å². The first kappa shape index (κ1) is 13.5. The van der Waals surface area contributed by atoms with Crippen molar-refractivity contribution in [3.05, 3.63) is 35.4 Å². The van der Waals surface area contributed by atoms with Gasteiger partial charge in [-0.15, -0.1) is 0 Å². The van der Waals surface area contributed by atoms with E-state index in [1.54, 1.807) is 6.07 Å². The molecule has 1 aliphatic rings. The Bertz CT molecular complexity index is 510. The number of rotatable bonds is 4. The molecule has 1 aromatic carbocycles. The van der Waals surface area contributed by atoms with E-state index in [0.29, 0.717) is 18.7 Å². The molecule has 5 nitrogen and oxygen atoms in total. The Morgan fingerprint density at radius 1 is 1.53 bits per heavy atom. The average molecular weight is 260 g/mol. The van der Waals surface area contributed by atoms with E-state index in [4.69, 9.17) is 15.1 Å². The zero-order valence-corrected chi connectivity index (χ0v) is 10.7. The van der Waals surface area contributed by atoms with Gasteiger partial charge in [-0.05, 0) is 18.7 Å². The van der Waals surface area contributed by atoms with E-state index in [9.17, 15) is 4.79 Å². The molecule has 0 saturated carbocycles. The summed E-state index contributed by atoms with van der Waals surface area (Å²) in [4.78, 5) is 13.1. The van der Waals surface area contributed by atoms with Gasteiger partial charge in [0.2, 0.25) is 0 Å². The molecule has 1 saturated heterocycles. The largest absolute Gasteiger partial charge is 0.481 e. The number of ether oxygens (including phenoxy) is 1. The summed E-state index contributed by atoms with van der Waals surface area (Å²) in [5.74, 6) is -1.33. The highest BCUT2D eigenvalue weighted by Crippen LogP contribution is 2.21. The van der Waals surface area contributed by atoms with E-state index in [1.165, 1.54) is 0 Å². The number of hydrogen-bond donors (Lipinski definition) is 1. The Kier molecular flexibility index (Phi) is 4.15. The molecule has 2 atom stereocenters. The van der Waals surface area contributed by atoms with Crippen LogP contribution in [-0.4, -0.2) is 42.3 Å². The number of carboxylic acid groups (broad SMARTS) is 1. The van der Waals surface area contributed by atoms with Crippen LogP contribution in [0.3, 0.4) is 0 Å². The Morgan fingerprint density at radius 2 is 2.26 bits per heavy atom. The van der Waals surface area contributed by atoms with Crippen LogP contribution in [0.1, 0.15) is 11.1 Å². The van der Waals surface area contributed by atoms with Crippen molar-refractivity contribution in [3.63, 3.8) is 0 Å². The van der Waals surface area contributed by atoms with Gasteiger partial charge in [0.05, 0.1) is 30.8 Å². The minimum atomic E-state index is -0.831. The molecule has 2 unspecified atom stereocenters. The van der Waals surface area contributed by atoms with Crippen molar-refractivity contribution in [2.24, 2.45) is 5.92 Å². The van der Waals surface area contributed by atoms with Crippen molar-refractivity contribution in [3.8, 4) is 6.07 Å². The highest BCUT2D eigenvalue weighted by atomic mass is 16.5. The van der Waals surface area contributed by atoms with Crippen LogP contribution >= 0.6 is 0 Å². The van der Waals surface area contributed by atoms with Crippen molar-refractivity contribution in [1.29, 1.82) is 5.26 Å². The maximum Gasteiger partial charge on any atom is 0.310 e. The van der Waals surface area contributed by atoms with Gasteiger partial charge in [0.25, 0.3) is 0 Å². The lowest BCUT2D eigenvalue weighted by molar-refractivity contribution is -0.143. The number of nitrogens with zero attached hydrogens (tertiary/aromatic N) is 2. The highest BCUT2D eigenvalue weighted by Gasteiger charge is 2.36. The lowest BCUT2D eigenvalue weighted by Gasteiger charge is -2.26. The van der Waals surface area contributed by atoms with Gasteiger partial charge in [0.15, 0.2) is 0 Å². The van der Waals surface area contributed by atoms with Gasteiger partial charge in [0.1, 0.15) is 0 Å². The van der Waals surface area contributed by atoms with Crippen LogP contribution in [0, 0.1) is 17.2 Å². The molecule has 0 bridgehead atoms. The second kappa shape index (κ2) is 5.83. The molecule has 0 spiro atoms. The van der Waals surface area contributed by atoms with Gasteiger partial charge in [-0.25, -0.2) is 0 Å². The average Bonchev–Trinajstić information content (AvgIpc) is 2.88. The molecule has 1 aromatic rings. The van der Waals surface area contributed by atoms with Crippen LogP contribution in [-0.2, 0) is 16.1 Å². The van der Waals surface area contributed by atoms with E-state index in [-0.39, 0.29) is 12.6 Å². The third-order valence-electron chi connectivity index (χ3n) is 3.49. The normalized spacial score (nSPS) is 22.4. The van der Waals surface area contributed by atoms with Crippen molar-refractivity contribution in [2.75, 3.05) is 20.3 Å². The molecular formula is C14H16N2O3. The number of carboxylic acids is 1. The Hall–Kier alpha value is -1.90.